The number of carbonyl (C=O) groups is 1. The molecule has 0 bridgehead atoms. The van der Waals surface area contributed by atoms with Gasteiger partial charge in [0.25, 0.3) is 11.5 Å². The van der Waals surface area contributed by atoms with Gasteiger partial charge >= 0.3 is 5.69 Å². The Kier molecular flexibility index (Phi) is 6.94. The minimum Gasteiger partial charge on any atom is -0.383 e. The highest BCUT2D eigenvalue weighted by molar-refractivity contribution is 6.05. The van der Waals surface area contributed by atoms with Gasteiger partial charge in [-0.1, -0.05) is 13.8 Å². The van der Waals surface area contributed by atoms with Crippen molar-refractivity contribution in [2.24, 2.45) is 13.0 Å². The summed E-state index contributed by atoms with van der Waals surface area (Å²) in [7, 11) is 3.25. The Morgan fingerprint density at radius 1 is 1.43 bits per heavy atom. The molecule has 2 rings (SSSR count). The highest BCUT2D eigenvalue weighted by Crippen LogP contribution is 2.18. The Labute approximate surface area is 162 Å². The zero-order valence-electron chi connectivity index (χ0n) is 16.5. The lowest BCUT2D eigenvalue weighted by Gasteiger charge is -2.23. The second-order valence-electron chi connectivity index (χ2n) is 6.76. The molecule has 0 aliphatic heterocycles. The van der Waals surface area contributed by atoms with E-state index in [4.69, 9.17) is 10.5 Å². The number of aromatic nitrogens is 4. The molecule has 0 spiro atoms. The number of aryl methyl sites for hydroxylation is 1. The number of aromatic amines is 1. The number of anilines is 2. The molecule has 0 aliphatic rings. The fourth-order valence-electron chi connectivity index (χ4n) is 2.68. The summed E-state index contributed by atoms with van der Waals surface area (Å²) in [6, 6.07) is 0. The average Bonchev–Trinajstić information content (AvgIpc) is 3.04. The molecular formula is C18H26N6O4. The van der Waals surface area contributed by atoms with Gasteiger partial charge in [0, 0.05) is 45.1 Å². The van der Waals surface area contributed by atoms with Crippen LogP contribution in [-0.4, -0.2) is 45.5 Å². The molecule has 0 atom stereocenters. The second kappa shape index (κ2) is 9.18. The third-order valence-corrected chi connectivity index (χ3v) is 3.96. The molecule has 0 radical (unpaired) electrons. The maximum Gasteiger partial charge on any atom is 0.330 e. The van der Waals surface area contributed by atoms with E-state index in [1.54, 1.807) is 30.2 Å². The largest absolute Gasteiger partial charge is 0.383 e. The summed E-state index contributed by atoms with van der Waals surface area (Å²) in [5.41, 5.74) is 5.46. The summed E-state index contributed by atoms with van der Waals surface area (Å²) >= 11 is 0. The zero-order chi connectivity index (χ0) is 20.8. The number of methoxy groups -OCH3 is 1. The van der Waals surface area contributed by atoms with Crippen LogP contribution in [0.3, 0.4) is 0 Å². The molecule has 3 N–H and O–H groups in total. The Balaban J connectivity index is 2.47. The molecule has 10 heteroatoms. The van der Waals surface area contributed by atoms with E-state index in [1.807, 2.05) is 13.8 Å². The summed E-state index contributed by atoms with van der Waals surface area (Å²) in [6.45, 7) is 4.43. The van der Waals surface area contributed by atoms with Gasteiger partial charge in [0.05, 0.1) is 12.8 Å². The third kappa shape index (κ3) is 4.97. The molecule has 28 heavy (non-hydrogen) atoms. The lowest BCUT2D eigenvalue weighted by Crippen LogP contribution is -2.42. The van der Waals surface area contributed by atoms with E-state index < -0.39 is 17.2 Å². The van der Waals surface area contributed by atoms with Gasteiger partial charge in [-0.05, 0) is 12.0 Å². The zero-order valence-corrected chi connectivity index (χ0v) is 16.5. The van der Waals surface area contributed by atoms with E-state index in [9.17, 15) is 14.4 Å². The number of hydrogen-bond acceptors (Lipinski definition) is 6. The highest BCUT2D eigenvalue weighted by atomic mass is 16.5. The van der Waals surface area contributed by atoms with Crippen molar-refractivity contribution in [3.8, 4) is 0 Å². The number of amides is 1. The Morgan fingerprint density at radius 3 is 2.71 bits per heavy atom. The molecule has 152 valence electrons. The van der Waals surface area contributed by atoms with E-state index in [0.717, 1.165) is 5.56 Å². The number of rotatable bonds is 8. The molecule has 0 fully saturated rings. The average molecular weight is 390 g/mol. The molecular weight excluding hydrogens is 364 g/mol. The molecule has 0 unspecified atom stereocenters. The van der Waals surface area contributed by atoms with Crippen LogP contribution < -0.4 is 21.9 Å². The van der Waals surface area contributed by atoms with Gasteiger partial charge in [0.1, 0.15) is 5.82 Å². The van der Waals surface area contributed by atoms with Crippen molar-refractivity contribution in [3.05, 3.63) is 44.9 Å². The summed E-state index contributed by atoms with van der Waals surface area (Å²) in [6.07, 6.45) is 6.26. The smallest absolute Gasteiger partial charge is 0.330 e. The van der Waals surface area contributed by atoms with E-state index >= 15 is 0 Å². The van der Waals surface area contributed by atoms with Crippen molar-refractivity contribution in [3.63, 3.8) is 0 Å². The molecule has 0 aliphatic carbocycles. The minimum absolute atomic E-state index is 0.0540. The first kappa shape index (κ1) is 21.2. The lowest BCUT2D eigenvalue weighted by molar-refractivity contribution is -0.114. The van der Waals surface area contributed by atoms with Crippen molar-refractivity contribution >= 4 is 23.5 Å². The molecule has 0 aromatic carbocycles. The first-order valence-electron chi connectivity index (χ1n) is 8.84. The monoisotopic (exact) mass is 390 g/mol. The normalized spacial score (nSPS) is 11.5. The van der Waals surface area contributed by atoms with Crippen LogP contribution in [0.4, 0.5) is 11.5 Å². The molecule has 2 aromatic rings. The van der Waals surface area contributed by atoms with Gasteiger partial charge in [0.2, 0.25) is 0 Å². The number of hydrogen-bond donors (Lipinski definition) is 2. The van der Waals surface area contributed by atoms with Crippen LogP contribution in [0, 0.1) is 5.92 Å². The van der Waals surface area contributed by atoms with E-state index in [1.165, 1.54) is 22.7 Å². The maximum atomic E-state index is 12.8. The van der Waals surface area contributed by atoms with Gasteiger partial charge in [-0.2, -0.15) is 5.10 Å². The van der Waals surface area contributed by atoms with Crippen molar-refractivity contribution in [2.45, 2.75) is 20.4 Å². The first-order valence-corrected chi connectivity index (χ1v) is 8.84. The number of nitrogens with two attached hydrogens (primary N) is 1. The molecule has 0 saturated heterocycles. The SMILES string of the molecule is COCCN(C(=O)/C=C/c1cnn(C)c1)c1c(N)n(CC(C)C)c(=O)[nH]c1=O. The van der Waals surface area contributed by atoms with Crippen molar-refractivity contribution in [2.75, 3.05) is 30.9 Å². The number of nitrogens with zero attached hydrogens (tertiary/aromatic N) is 4. The third-order valence-electron chi connectivity index (χ3n) is 3.96. The molecule has 1 amide bonds. The predicted octanol–water partition coefficient (Wildman–Crippen LogP) is 0.201. The van der Waals surface area contributed by atoms with Gasteiger partial charge in [-0.25, -0.2) is 4.79 Å². The Hall–Kier alpha value is -3.14. The summed E-state index contributed by atoms with van der Waals surface area (Å²) < 4.78 is 7.93. The van der Waals surface area contributed by atoms with Crippen LogP contribution in [-0.2, 0) is 23.1 Å². The van der Waals surface area contributed by atoms with Crippen LogP contribution in [0.15, 0.2) is 28.1 Å². The Bertz CT molecular complexity index is 969. The number of nitrogens with one attached hydrogen (secondary N) is 1. The topological polar surface area (TPSA) is 128 Å². The first-order chi connectivity index (χ1) is 13.2. The predicted molar refractivity (Wildman–Crippen MR) is 107 cm³/mol. The fourth-order valence-corrected chi connectivity index (χ4v) is 2.68. The van der Waals surface area contributed by atoms with Crippen molar-refractivity contribution < 1.29 is 9.53 Å². The summed E-state index contributed by atoms with van der Waals surface area (Å²) in [5, 5.41) is 4.03. The second-order valence-corrected chi connectivity index (χ2v) is 6.76. The summed E-state index contributed by atoms with van der Waals surface area (Å²) in [4.78, 5) is 40.9. The quantitative estimate of drug-likeness (QED) is 0.620. The van der Waals surface area contributed by atoms with Crippen LogP contribution in [0.1, 0.15) is 19.4 Å². The van der Waals surface area contributed by atoms with E-state index in [-0.39, 0.29) is 30.6 Å². The molecule has 0 saturated carbocycles. The van der Waals surface area contributed by atoms with Crippen LogP contribution >= 0.6 is 0 Å². The van der Waals surface area contributed by atoms with Crippen LogP contribution in [0.2, 0.25) is 0 Å². The van der Waals surface area contributed by atoms with Crippen molar-refractivity contribution in [1.82, 2.24) is 19.3 Å². The summed E-state index contributed by atoms with van der Waals surface area (Å²) in [5.74, 6) is -0.401. The number of H-pyrrole nitrogens is 1. The number of carbonyl (C=O) groups excluding carboxylic acids is 1. The Morgan fingerprint density at radius 2 is 2.14 bits per heavy atom. The molecule has 2 aromatic heterocycles. The van der Waals surface area contributed by atoms with Gasteiger partial charge in [-0.3, -0.25) is 28.7 Å². The minimum atomic E-state index is -0.721. The standard InChI is InChI=1S/C18H26N6O4/c1-12(2)10-24-16(19)15(17(26)21-18(24)27)23(7-8-28-4)14(25)6-5-13-9-20-22(3)11-13/h5-6,9,11-12H,7-8,10,19H2,1-4H3,(H,21,26,27)/b6-5+. The van der Waals surface area contributed by atoms with E-state index in [0.29, 0.717) is 6.54 Å². The maximum absolute atomic E-state index is 12.8. The molecule has 2 heterocycles. The fraction of sp³-hybridized carbons (Fsp3) is 0.444. The van der Waals surface area contributed by atoms with Crippen LogP contribution in [0.5, 0.6) is 0 Å². The van der Waals surface area contributed by atoms with Gasteiger partial charge < -0.3 is 10.5 Å². The van der Waals surface area contributed by atoms with Gasteiger partial charge in [0.15, 0.2) is 5.69 Å². The number of nitrogen functional groups attached to an aromatic ring is 1. The van der Waals surface area contributed by atoms with Crippen LogP contribution in [0.25, 0.3) is 6.08 Å². The highest BCUT2D eigenvalue weighted by Gasteiger charge is 2.23. The lowest BCUT2D eigenvalue weighted by atomic mass is 10.2. The van der Waals surface area contributed by atoms with E-state index in [2.05, 4.69) is 10.1 Å². The number of ether oxygens (including phenoxy) is 1. The van der Waals surface area contributed by atoms with Crippen molar-refractivity contribution in [1.29, 1.82) is 0 Å². The molecule has 10 nitrogen and oxygen atoms in total. The van der Waals surface area contributed by atoms with Gasteiger partial charge in [-0.15, -0.1) is 0 Å².